The van der Waals surface area contributed by atoms with E-state index >= 15 is 0 Å². The van der Waals surface area contributed by atoms with Gasteiger partial charge < -0.3 is 5.32 Å². The second-order valence-corrected chi connectivity index (χ2v) is 7.02. The fourth-order valence-electron chi connectivity index (χ4n) is 2.26. The van der Waals surface area contributed by atoms with Gasteiger partial charge in [0.15, 0.2) is 0 Å². The number of hydrogen-bond donors (Lipinski definition) is 2. The number of benzene rings is 2. The Labute approximate surface area is 136 Å². The van der Waals surface area contributed by atoms with Gasteiger partial charge in [-0.3, -0.25) is 4.79 Å². The summed E-state index contributed by atoms with van der Waals surface area (Å²) in [5.41, 5.74) is 1.94. The lowest BCUT2D eigenvalue weighted by molar-refractivity contribution is 0.0962. The molecule has 2 aromatic carbocycles. The highest BCUT2D eigenvalue weighted by atomic mass is 32.2. The number of sulfonamides is 1. The molecular formula is C17H20N2O3S. The van der Waals surface area contributed by atoms with E-state index in [0.29, 0.717) is 5.56 Å². The second-order valence-electron chi connectivity index (χ2n) is 5.31. The minimum atomic E-state index is -3.72. The van der Waals surface area contributed by atoms with Gasteiger partial charge in [-0.05, 0) is 37.1 Å². The van der Waals surface area contributed by atoms with E-state index in [2.05, 4.69) is 10.0 Å². The lowest BCUT2D eigenvalue weighted by Crippen LogP contribution is -2.27. The molecule has 1 atom stereocenters. The van der Waals surface area contributed by atoms with Crippen molar-refractivity contribution >= 4 is 15.9 Å². The lowest BCUT2D eigenvalue weighted by atomic mass is 10.1. The van der Waals surface area contributed by atoms with Crippen LogP contribution in [-0.2, 0) is 10.0 Å². The first-order valence-electron chi connectivity index (χ1n) is 7.25. The van der Waals surface area contributed by atoms with Crippen LogP contribution in [0.25, 0.3) is 0 Å². The Balaban J connectivity index is 2.31. The lowest BCUT2D eigenvalue weighted by Gasteiger charge is -2.15. The van der Waals surface area contributed by atoms with Crippen LogP contribution in [0.4, 0.5) is 0 Å². The third kappa shape index (κ3) is 3.97. The van der Waals surface area contributed by atoms with Crippen molar-refractivity contribution in [1.29, 1.82) is 0 Å². The molecule has 122 valence electrons. The topological polar surface area (TPSA) is 75.3 Å². The maximum absolute atomic E-state index is 12.5. The Morgan fingerprint density at radius 2 is 1.74 bits per heavy atom. The summed E-state index contributed by atoms with van der Waals surface area (Å²) in [5, 5.41) is 2.51. The molecule has 0 heterocycles. The molecule has 0 unspecified atom stereocenters. The summed E-state index contributed by atoms with van der Waals surface area (Å²) in [5.74, 6) is -0.310. The van der Waals surface area contributed by atoms with Crippen LogP contribution < -0.4 is 10.0 Å². The first-order chi connectivity index (χ1) is 10.8. The average Bonchev–Trinajstić information content (AvgIpc) is 2.54. The summed E-state index contributed by atoms with van der Waals surface area (Å²) in [4.78, 5) is 11.9. The number of hydrogen-bond acceptors (Lipinski definition) is 3. The second kappa shape index (κ2) is 6.93. The number of carbonyl (C=O) groups is 1. The highest BCUT2D eigenvalue weighted by molar-refractivity contribution is 7.89. The van der Waals surface area contributed by atoms with Gasteiger partial charge in [0.25, 0.3) is 5.91 Å². The summed E-state index contributed by atoms with van der Waals surface area (Å²) >= 11 is 0. The molecule has 6 heteroatoms. The Morgan fingerprint density at radius 1 is 1.09 bits per heavy atom. The summed E-state index contributed by atoms with van der Waals surface area (Å²) in [6, 6.07) is 13.5. The van der Waals surface area contributed by atoms with Gasteiger partial charge >= 0.3 is 0 Å². The maximum Gasteiger partial charge on any atom is 0.251 e. The molecule has 0 aliphatic carbocycles. The van der Waals surface area contributed by atoms with Crippen molar-refractivity contribution in [3.05, 3.63) is 65.2 Å². The number of amides is 1. The predicted octanol–water partition coefficient (Wildman–Crippen LogP) is 2.39. The Morgan fingerprint density at radius 3 is 2.35 bits per heavy atom. The van der Waals surface area contributed by atoms with Gasteiger partial charge in [-0.15, -0.1) is 0 Å². The zero-order chi connectivity index (χ0) is 17.0. The van der Waals surface area contributed by atoms with Gasteiger partial charge in [-0.2, -0.15) is 0 Å². The van der Waals surface area contributed by atoms with E-state index < -0.39 is 10.0 Å². The molecule has 0 aliphatic rings. The van der Waals surface area contributed by atoms with Crippen LogP contribution in [-0.4, -0.2) is 21.4 Å². The summed E-state index contributed by atoms with van der Waals surface area (Å²) in [6.45, 7) is 3.54. The molecule has 23 heavy (non-hydrogen) atoms. The van der Waals surface area contributed by atoms with Crippen molar-refractivity contribution in [1.82, 2.24) is 10.0 Å². The fraction of sp³-hybridized carbons (Fsp3) is 0.235. The molecule has 2 N–H and O–H groups in total. The summed E-state index contributed by atoms with van der Waals surface area (Å²) in [7, 11) is -2.21. The number of rotatable bonds is 5. The maximum atomic E-state index is 12.5. The minimum Gasteiger partial charge on any atom is -0.355 e. The minimum absolute atomic E-state index is 0.0736. The van der Waals surface area contributed by atoms with Crippen LogP contribution in [0.3, 0.4) is 0 Å². The van der Waals surface area contributed by atoms with Crippen LogP contribution in [0.1, 0.15) is 34.5 Å². The van der Waals surface area contributed by atoms with Crippen LogP contribution in [0.2, 0.25) is 0 Å². The highest BCUT2D eigenvalue weighted by Crippen LogP contribution is 2.19. The zero-order valence-electron chi connectivity index (χ0n) is 13.3. The molecule has 0 fully saturated rings. The third-order valence-electron chi connectivity index (χ3n) is 3.62. The van der Waals surface area contributed by atoms with Crippen molar-refractivity contribution < 1.29 is 13.2 Å². The van der Waals surface area contributed by atoms with Crippen LogP contribution in [0.5, 0.6) is 0 Å². The molecule has 0 spiro atoms. The average molecular weight is 332 g/mol. The largest absolute Gasteiger partial charge is 0.355 e. The molecule has 5 nitrogen and oxygen atoms in total. The van der Waals surface area contributed by atoms with Gasteiger partial charge in [0.1, 0.15) is 0 Å². The van der Waals surface area contributed by atoms with Crippen molar-refractivity contribution in [2.75, 3.05) is 7.05 Å². The van der Waals surface area contributed by atoms with Gasteiger partial charge in [-0.1, -0.05) is 36.4 Å². The molecule has 1 amide bonds. The molecule has 0 radical (unpaired) electrons. The van der Waals surface area contributed by atoms with Crippen LogP contribution in [0, 0.1) is 6.92 Å². The molecule has 0 saturated heterocycles. The molecule has 0 aliphatic heterocycles. The third-order valence-corrected chi connectivity index (χ3v) is 5.16. The van der Waals surface area contributed by atoms with E-state index in [4.69, 9.17) is 0 Å². The standard InChI is InChI=1S/C17H20N2O3S/c1-12-9-10-15(11-16(12)17(20)18-3)23(21,22)19-13(2)14-7-5-4-6-8-14/h4-11,13,19H,1-3H3,(H,18,20)/t13-/m1/s1. The predicted molar refractivity (Wildman–Crippen MR) is 89.7 cm³/mol. The van der Waals surface area contributed by atoms with E-state index in [1.54, 1.807) is 19.9 Å². The van der Waals surface area contributed by atoms with Crippen molar-refractivity contribution in [2.24, 2.45) is 0 Å². The molecule has 2 aromatic rings. The van der Waals surface area contributed by atoms with E-state index in [1.807, 2.05) is 30.3 Å². The first-order valence-corrected chi connectivity index (χ1v) is 8.73. The normalized spacial score (nSPS) is 12.7. The Kier molecular flexibility index (Phi) is 5.18. The van der Waals surface area contributed by atoms with Crippen LogP contribution in [0.15, 0.2) is 53.4 Å². The van der Waals surface area contributed by atoms with E-state index in [9.17, 15) is 13.2 Å². The number of aryl methyl sites for hydroxylation is 1. The van der Waals surface area contributed by atoms with Gasteiger partial charge in [-0.25, -0.2) is 13.1 Å². The van der Waals surface area contributed by atoms with E-state index in [1.165, 1.54) is 19.2 Å². The highest BCUT2D eigenvalue weighted by Gasteiger charge is 2.20. The molecule has 0 bridgehead atoms. The zero-order valence-corrected chi connectivity index (χ0v) is 14.1. The molecular weight excluding hydrogens is 312 g/mol. The number of nitrogens with one attached hydrogen (secondary N) is 2. The van der Waals surface area contributed by atoms with Crippen molar-refractivity contribution in [3.63, 3.8) is 0 Å². The Hall–Kier alpha value is -2.18. The monoisotopic (exact) mass is 332 g/mol. The van der Waals surface area contributed by atoms with Crippen molar-refractivity contribution in [3.8, 4) is 0 Å². The van der Waals surface area contributed by atoms with Gasteiger partial charge in [0.05, 0.1) is 4.90 Å². The summed E-state index contributed by atoms with van der Waals surface area (Å²) < 4.78 is 27.7. The smallest absolute Gasteiger partial charge is 0.251 e. The first kappa shape index (κ1) is 17.2. The van der Waals surface area contributed by atoms with Crippen molar-refractivity contribution in [2.45, 2.75) is 24.8 Å². The van der Waals surface area contributed by atoms with Gasteiger partial charge in [0, 0.05) is 18.7 Å². The quantitative estimate of drug-likeness (QED) is 0.883. The van der Waals surface area contributed by atoms with E-state index in [0.717, 1.165) is 11.1 Å². The molecule has 0 aromatic heterocycles. The summed E-state index contributed by atoms with van der Waals surface area (Å²) in [6.07, 6.45) is 0. The SMILES string of the molecule is CNC(=O)c1cc(S(=O)(=O)N[C@H](C)c2ccccc2)ccc1C. The Bertz CT molecular complexity index is 802. The van der Waals surface area contributed by atoms with Gasteiger partial charge in [0.2, 0.25) is 10.0 Å². The fourth-order valence-corrected chi connectivity index (χ4v) is 3.52. The van der Waals surface area contributed by atoms with Crippen LogP contribution >= 0.6 is 0 Å². The number of carbonyl (C=O) groups excluding carboxylic acids is 1. The van der Waals surface area contributed by atoms with E-state index in [-0.39, 0.29) is 16.8 Å². The molecule has 0 saturated carbocycles. The molecule has 2 rings (SSSR count).